The molecule has 1 fully saturated rings. The molecule has 2 aromatic carbocycles. The monoisotopic (exact) mass is 472 g/mol. The van der Waals surface area contributed by atoms with Crippen molar-refractivity contribution in [2.24, 2.45) is 5.92 Å². The van der Waals surface area contributed by atoms with Gasteiger partial charge in [-0.2, -0.15) is 0 Å². The zero-order valence-corrected chi connectivity index (χ0v) is 19.9. The van der Waals surface area contributed by atoms with Crippen molar-refractivity contribution in [3.63, 3.8) is 0 Å². The number of rotatable bonds is 13. The van der Waals surface area contributed by atoms with Crippen molar-refractivity contribution >= 4 is 23.6 Å². The van der Waals surface area contributed by atoms with Crippen LogP contribution in [0.25, 0.3) is 0 Å². The molecule has 0 aliphatic carbocycles. The van der Waals surface area contributed by atoms with Crippen LogP contribution in [0, 0.1) is 11.7 Å². The second-order valence-corrected chi connectivity index (χ2v) is 9.67. The zero-order valence-electron chi connectivity index (χ0n) is 19.1. The van der Waals surface area contributed by atoms with Crippen molar-refractivity contribution < 1.29 is 19.1 Å². The van der Waals surface area contributed by atoms with E-state index in [1.54, 1.807) is 23.6 Å². The van der Waals surface area contributed by atoms with E-state index in [0.717, 1.165) is 49.0 Å². The van der Waals surface area contributed by atoms with Crippen LogP contribution in [0.1, 0.15) is 43.7 Å². The van der Waals surface area contributed by atoms with E-state index in [1.807, 2.05) is 42.5 Å². The first-order valence-electron chi connectivity index (χ1n) is 11.6. The normalized spacial score (nSPS) is 18.6. The lowest BCUT2D eigenvalue weighted by atomic mass is 9.93. The predicted molar refractivity (Wildman–Crippen MR) is 130 cm³/mol. The third-order valence-electron chi connectivity index (χ3n) is 5.91. The van der Waals surface area contributed by atoms with Crippen LogP contribution in [0.15, 0.2) is 54.6 Å². The van der Waals surface area contributed by atoms with Crippen LogP contribution in [-0.2, 0) is 21.8 Å². The molecule has 33 heavy (non-hydrogen) atoms. The van der Waals surface area contributed by atoms with Gasteiger partial charge in [-0.05, 0) is 49.4 Å². The maximum absolute atomic E-state index is 12.9. The van der Waals surface area contributed by atoms with Crippen LogP contribution >= 0.6 is 11.8 Å². The summed E-state index contributed by atoms with van der Waals surface area (Å²) in [5, 5.41) is 12.7. The number of carbonyl (C=O) groups is 2. The highest BCUT2D eigenvalue weighted by atomic mass is 32.2. The molecule has 0 radical (unpaired) electrons. The van der Waals surface area contributed by atoms with Gasteiger partial charge in [0.25, 0.3) is 0 Å². The first-order valence-corrected chi connectivity index (χ1v) is 12.7. The molecule has 0 spiro atoms. The summed E-state index contributed by atoms with van der Waals surface area (Å²) < 4.78 is 12.9. The first kappa shape index (κ1) is 25.2. The van der Waals surface area contributed by atoms with Crippen LogP contribution in [0.4, 0.5) is 4.39 Å². The molecule has 0 unspecified atom stereocenters. The molecule has 2 amide bonds. The second-order valence-electron chi connectivity index (χ2n) is 8.56. The molecule has 2 aromatic rings. The van der Waals surface area contributed by atoms with Gasteiger partial charge in [0.15, 0.2) is 0 Å². The Hall–Kier alpha value is -2.38. The lowest BCUT2D eigenvalue weighted by Crippen LogP contribution is -2.64. The minimum absolute atomic E-state index is 0.0269. The topological polar surface area (TPSA) is 69.6 Å². The molecule has 0 bridgehead atoms. The molecule has 0 saturated carbocycles. The van der Waals surface area contributed by atoms with Crippen LogP contribution in [0.3, 0.4) is 0 Å². The molecule has 0 aromatic heterocycles. The fourth-order valence-corrected chi connectivity index (χ4v) is 5.47. The van der Waals surface area contributed by atoms with Gasteiger partial charge in [0.2, 0.25) is 11.8 Å². The number of amides is 2. The van der Waals surface area contributed by atoms with E-state index in [9.17, 15) is 19.1 Å². The Balaban J connectivity index is 1.33. The number of halogens is 1. The molecule has 178 valence electrons. The third-order valence-corrected chi connectivity index (χ3v) is 7.30. The molecule has 2 N–H and O–H groups in total. The van der Waals surface area contributed by atoms with E-state index in [-0.39, 0.29) is 29.6 Å². The largest absolute Gasteiger partial charge is 0.392 e. The molecule has 1 aliphatic heterocycles. The average Bonchev–Trinajstić information content (AvgIpc) is 2.81. The fraction of sp³-hybridized carbons (Fsp3) is 0.462. The highest BCUT2D eigenvalue weighted by molar-refractivity contribution is 7.99. The van der Waals surface area contributed by atoms with E-state index in [2.05, 4.69) is 5.32 Å². The lowest BCUT2D eigenvalue weighted by molar-refractivity contribution is -0.159. The van der Waals surface area contributed by atoms with Gasteiger partial charge in [0.1, 0.15) is 12.4 Å². The Morgan fingerprint density at radius 2 is 1.76 bits per heavy atom. The minimum Gasteiger partial charge on any atom is -0.392 e. The van der Waals surface area contributed by atoms with Crippen LogP contribution in [0.2, 0.25) is 0 Å². The summed E-state index contributed by atoms with van der Waals surface area (Å²) in [6.45, 7) is 2.24. The van der Waals surface area contributed by atoms with E-state index in [4.69, 9.17) is 0 Å². The molecule has 5 nitrogen and oxygen atoms in total. The summed E-state index contributed by atoms with van der Waals surface area (Å²) in [6.07, 6.45) is 4.15. The molecule has 1 heterocycles. The Morgan fingerprint density at radius 1 is 1.06 bits per heavy atom. The Morgan fingerprint density at radius 3 is 2.45 bits per heavy atom. The molecule has 7 heteroatoms. The summed E-state index contributed by atoms with van der Waals surface area (Å²) in [7, 11) is 0. The number of likely N-dealkylation sites (tertiary alicyclic amines) is 1. The molecular formula is C26H33FN2O3S. The van der Waals surface area contributed by atoms with Gasteiger partial charge in [-0.15, -0.1) is 11.8 Å². The van der Waals surface area contributed by atoms with Gasteiger partial charge in [-0.3, -0.25) is 9.59 Å². The summed E-state index contributed by atoms with van der Waals surface area (Å²) in [5.41, 5.74) is 2.29. The van der Waals surface area contributed by atoms with E-state index >= 15 is 0 Å². The fourth-order valence-electron chi connectivity index (χ4n) is 4.01. The number of hydrogen-bond donors (Lipinski definition) is 2. The number of hydrogen-bond acceptors (Lipinski definition) is 4. The summed E-state index contributed by atoms with van der Waals surface area (Å²) in [6, 6.07) is 16.6. The second kappa shape index (κ2) is 12.8. The van der Waals surface area contributed by atoms with Crippen molar-refractivity contribution in [3.8, 4) is 0 Å². The standard InChI is InChI=1S/C26H33FN2O3S/c1-19(30)24-25(32)29(26(24)33-18-21-10-6-4-7-11-21)17-23(31)28-16-8-3-2-5-9-20-12-14-22(27)15-13-20/h4,6-7,10-15,19,24,26,30H,2-3,5,8-9,16-18H2,1H3,(H,28,31)/t19-,24+,26-/m1/s1. The number of β-lactam (4-membered cyclic amide) rings is 1. The van der Waals surface area contributed by atoms with Crippen molar-refractivity contribution in [1.29, 1.82) is 0 Å². The number of nitrogens with zero attached hydrogens (tertiary/aromatic N) is 1. The van der Waals surface area contributed by atoms with E-state index < -0.39 is 12.0 Å². The number of aliphatic hydroxyl groups is 1. The number of thioether (sulfide) groups is 1. The van der Waals surface area contributed by atoms with Gasteiger partial charge in [0.05, 0.1) is 17.4 Å². The number of aryl methyl sites for hydroxylation is 1. The summed E-state index contributed by atoms with van der Waals surface area (Å²) in [5.74, 6) is -0.280. The van der Waals surface area contributed by atoms with Crippen molar-refractivity contribution in [2.45, 2.75) is 56.3 Å². The SMILES string of the molecule is C[C@@H](O)[C@H]1C(=O)N(CC(=O)NCCCCCCc2ccc(F)cc2)[C@@H]1SCc1ccccc1. The van der Waals surface area contributed by atoms with E-state index in [0.29, 0.717) is 6.54 Å². The molecule has 1 saturated heterocycles. The molecule has 3 atom stereocenters. The number of benzene rings is 2. The van der Waals surface area contributed by atoms with Gasteiger partial charge < -0.3 is 15.3 Å². The predicted octanol–water partition coefficient (Wildman–Crippen LogP) is 4.14. The average molecular weight is 473 g/mol. The van der Waals surface area contributed by atoms with E-state index in [1.165, 1.54) is 12.1 Å². The van der Waals surface area contributed by atoms with Crippen LogP contribution in [-0.4, -0.2) is 46.4 Å². The van der Waals surface area contributed by atoms with Crippen LogP contribution in [0.5, 0.6) is 0 Å². The number of nitrogens with one attached hydrogen (secondary N) is 1. The molecule has 1 aliphatic rings. The minimum atomic E-state index is -0.736. The number of unbranched alkanes of at least 4 members (excludes halogenated alkanes) is 3. The highest BCUT2D eigenvalue weighted by Gasteiger charge is 2.50. The van der Waals surface area contributed by atoms with Gasteiger partial charge in [0, 0.05) is 12.3 Å². The Kier molecular flexibility index (Phi) is 9.76. The number of aliphatic hydroxyl groups excluding tert-OH is 1. The smallest absolute Gasteiger partial charge is 0.239 e. The van der Waals surface area contributed by atoms with Crippen molar-refractivity contribution in [2.75, 3.05) is 13.1 Å². The maximum atomic E-state index is 12.9. The number of carbonyl (C=O) groups excluding carboxylic acids is 2. The van der Waals surface area contributed by atoms with Crippen molar-refractivity contribution in [1.82, 2.24) is 10.2 Å². The Bertz CT molecular complexity index is 892. The third kappa shape index (κ3) is 7.57. The first-order chi connectivity index (χ1) is 16.0. The van der Waals surface area contributed by atoms with Gasteiger partial charge in [-0.1, -0.05) is 55.3 Å². The lowest BCUT2D eigenvalue weighted by Gasteiger charge is -2.47. The zero-order chi connectivity index (χ0) is 23.6. The quantitative estimate of drug-likeness (QED) is 0.340. The van der Waals surface area contributed by atoms with Gasteiger partial charge in [-0.25, -0.2) is 4.39 Å². The maximum Gasteiger partial charge on any atom is 0.239 e. The van der Waals surface area contributed by atoms with Gasteiger partial charge >= 0.3 is 0 Å². The summed E-state index contributed by atoms with van der Waals surface area (Å²) >= 11 is 1.59. The van der Waals surface area contributed by atoms with Crippen LogP contribution < -0.4 is 5.32 Å². The molecule has 3 rings (SSSR count). The Labute approximate surface area is 199 Å². The summed E-state index contributed by atoms with van der Waals surface area (Å²) in [4.78, 5) is 26.5. The van der Waals surface area contributed by atoms with Crippen molar-refractivity contribution in [3.05, 3.63) is 71.5 Å². The molecular weight excluding hydrogens is 439 g/mol. The highest BCUT2D eigenvalue weighted by Crippen LogP contribution is 2.38.